The third-order valence-electron chi connectivity index (χ3n) is 8.40. The predicted octanol–water partition coefficient (Wildman–Crippen LogP) is 4.46. The van der Waals surface area contributed by atoms with Crippen molar-refractivity contribution in [2.75, 3.05) is 31.1 Å². The van der Waals surface area contributed by atoms with E-state index in [4.69, 9.17) is 9.51 Å². The number of aromatic amines is 1. The lowest BCUT2D eigenvalue weighted by molar-refractivity contribution is 0.0859. The van der Waals surface area contributed by atoms with Gasteiger partial charge in [0.2, 0.25) is 0 Å². The molecule has 0 bridgehead atoms. The molecule has 3 N–H and O–H groups in total. The van der Waals surface area contributed by atoms with Crippen molar-refractivity contribution in [3.05, 3.63) is 65.6 Å². The Kier molecular flexibility index (Phi) is 5.86. The van der Waals surface area contributed by atoms with Crippen LogP contribution in [0.1, 0.15) is 61.8 Å². The van der Waals surface area contributed by atoms with Crippen molar-refractivity contribution in [2.45, 2.75) is 51.5 Å². The number of nitrogens with zero attached hydrogens (tertiary/aromatic N) is 5. The molecule has 1 fully saturated rings. The highest BCUT2D eigenvalue weighted by Gasteiger charge is 2.37. The van der Waals surface area contributed by atoms with Gasteiger partial charge in [-0.2, -0.15) is 4.98 Å². The topological polar surface area (TPSA) is 125 Å². The molecule has 7 rings (SSSR count). The van der Waals surface area contributed by atoms with Crippen LogP contribution in [0.2, 0.25) is 0 Å². The van der Waals surface area contributed by atoms with Gasteiger partial charge in [-0.3, -0.25) is 4.79 Å². The molecule has 1 aliphatic heterocycles. The van der Waals surface area contributed by atoms with Gasteiger partial charge in [-0.15, -0.1) is 0 Å². The van der Waals surface area contributed by atoms with Crippen molar-refractivity contribution in [1.29, 1.82) is 0 Å². The maximum Gasteiger partial charge on any atom is 0.315 e. The summed E-state index contributed by atoms with van der Waals surface area (Å²) in [4.78, 5) is 32.6. The van der Waals surface area contributed by atoms with Crippen LogP contribution in [-0.4, -0.2) is 57.2 Å². The number of fused-ring (bicyclic) bond motifs is 4. The minimum Gasteiger partial charge on any atom is -0.369 e. The Bertz CT molecular complexity index is 1790. The third kappa shape index (κ3) is 4.42. The Hall–Kier alpha value is -4.31. The first-order valence-electron chi connectivity index (χ1n) is 14.2. The number of amides is 1. The maximum atomic E-state index is 13.1. The van der Waals surface area contributed by atoms with Gasteiger partial charge in [0.05, 0.1) is 16.6 Å². The zero-order chi connectivity index (χ0) is 28.4. The summed E-state index contributed by atoms with van der Waals surface area (Å²) in [5, 5.41) is 12.7. The number of nitrogens with one attached hydrogen (secondary N) is 3. The van der Waals surface area contributed by atoms with Crippen LogP contribution in [0.5, 0.6) is 0 Å². The molecule has 5 aromatic rings. The molecule has 2 aromatic carbocycles. The van der Waals surface area contributed by atoms with Gasteiger partial charge in [-0.05, 0) is 49.1 Å². The van der Waals surface area contributed by atoms with Crippen molar-refractivity contribution < 1.29 is 9.32 Å². The Morgan fingerprint density at radius 2 is 1.93 bits per heavy atom. The van der Waals surface area contributed by atoms with Crippen LogP contribution in [0.4, 0.5) is 5.69 Å². The summed E-state index contributed by atoms with van der Waals surface area (Å²) in [6.45, 7) is 12.0. The Morgan fingerprint density at radius 3 is 2.71 bits per heavy atom. The monoisotopic (exact) mass is 550 g/mol. The predicted molar refractivity (Wildman–Crippen MR) is 158 cm³/mol. The lowest BCUT2D eigenvalue weighted by atomic mass is 9.92. The molecule has 10 heteroatoms. The average Bonchev–Trinajstić information content (AvgIpc) is 3.69. The standard InChI is InChI=1S/C31H34N8O2/c1-30(2,3)29-36-28(41-38-29)27(40)37-31(4)10-9-18-15-19(5-8-22(18)31)25-24-21-7-6-20(39-13-11-32-12-14-39)16-23(21)35-26(24)34-17-33-25/h5-8,15-17,32H,9-14H2,1-4H3,(H,37,40)(H,33,34,35)/t31-/m1/s1. The molecule has 0 saturated carbocycles. The lowest BCUT2D eigenvalue weighted by Crippen LogP contribution is -2.43. The number of hydrogen-bond donors (Lipinski definition) is 3. The molecule has 10 nitrogen and oxygen atoms in total. The number of aryl methyl sites for hydroxylation is 1. The van der Waals surface area contributed by atoms with Gasteiger partial charge in [0.25, 0.3) is 0 Å². The SMILES string of the molecule is CC(C)(C)c1noc(C(=O)N[C@]2(C)CCc3cc(-c4ncnc5[nH]c6cc(N7CCNCC7)ccc6c45)ccc32)n1. The van der Waals surface area contributed by atoms with E-state index in [0.29, 0.717) is 5.82 Å². The van der Waals surface area contributed by atoms with Crippen LogP contribution in [0.15, 0.2) is 47.2 Å². The van der Waals surface area contributed by atoms with Gasteiger partial charge >= 0.3 is 11.8 Å². The van der Waals surface area contributed by atoms with E-state index in [2.05, 4.69) is 79.0 Å². The molecule has 4 heterocycles. The van der Waals surface area contributed by atoms with E-state index in [1.165, 1.54) is 11.3 Å². The first-order valence-corrected chi connectivity index (χ1v) is 14.2. The minimum absolute atomic E-state index is 0.0101. The molecule has 1 aliphatic carbocycles. The van der Waals surface area contributed by atoms with Crippen LogP contribution >= 0.6 is 0 Å². The molecule has 0 spiro atoms. The minimum atomic E-state index is -0.538. The van der Waals surface area contributed by atoms with E-state index in [-0.39, 0.29) is 17.2 Å². The first-order chi connectivity index (χ1) is 19.7. The molecule has 1 saturated heterocycles. The fourth-order valence-corrected chi connectivity index (χ4v) is 6.12. The number of anilines is 1. The highest BCUT2D eigenvalue weighted by atomic mass is 16.5. The van der Waals surface area contributed by atoms with Gasteiger partial charge in [0.1, 0.15) is 12.0 Å². The number of carbonyl (C=O) groups is 1. The van der Waals surface area contributed by atoms with Gasteiger partial charge in [-0.25, -0.2) is 9.97 Å². The summed E-state index contributed by atoms with van der Waals surface area (Å²) in [6.07, 6.45) is 3.24. The third-order valence-corrected chi connectivity index (χ3v) is 8.40. The van der Waals surface area contributed by atoms with E-state index in [1.807, 2.05) is 20.8 Å². The van der Waals surface area contributed by atoms with Crippen LogP contribution in [0.25, 0.3) is 33.2 Å². The second-order valence-electron chi connectivity index (χ2n) is 12.4. The summed E-state index contributed by atoms with van der Waals surface area (Å²) in [5.74, 6) is 0.144. The molecule has 0 unspecified atom stereocenters. The molecule has 3 aromatic heterocycles. The van der Waals surface area contributed by atoms with Crippen molar-refractivity contribution in [3.63, 3.8) is 0 Å². The number of hydrogen-bond acceptors (Lipinski definition) is 8. The van der Waals surface area contributed by atoms with Crippen LogP contribution in [0, 0.1) is 0 Å². The molecule has 41 heavy (non-hydrogen) atoms. The number of benzene rings is 2. The molecule has 1 atom stereocenters. The normalized spacial score (nSPS) is 19.2. The first kappa shape index (κ1) is 25.6. The van der Waals surface area contributed by atoms with Crippen LogP contribution < -0.4 is 15.5 Å². The van der Waals surface area contributed by atoms with Crippen molar-refractivity contribution in [1.82, 2.24) is 35.7 Å². The van der Waals surface area contributed by atoms with Gasteiger partial charge in [0.15, 0.2) is 5.82 Å². The molecule has 1 amide bonds. The van der Waals surface area contributed by atoms with E-state index in [0.717, 1.165) is 77.8 Å². The van der Waals surface area contributed by atoms with Gasteiger partial charge < -0.3 is 25.0 Å². The van der Waals surface area contributed by atoms with E-state index < -0.39 is 5.54 Å². The highest BCUT2D eigenvalue weighted by Crippen LogP contribution is 2.40. The van der Waals surface area contributed by atoms with Crippen LogP contribution in [0.3, 0.4) is 0 Å². The van der Waals surface area contributed by atoms with Gasteiger partial charge in [-0.1, -0.05) is 44.1 Å². The van der Waals surface area contributed by atoms with E-state index in [9.17, 15) is 4.79 Å². The lowest BCUT2D eigenvalue weighted by Gasteiger charge is -2.29. The van der Waals surface area contributed by atoms with E-state index in [1.54, 1.807) is 6.33 Å². The summed E-state index contributed by atoms with van der Waals surface area (Å²) in [7, 11) is 0. The molecule has 210 valence electrons. The van der Waals surface area contributed by atoms with E-state index >= 15 is 0 Å². The zero-order valence-electron chi connectivity index (χ0n) is 23.8. The van der Waals surface area contributed by atoms with Crippen molar-refractivity contribution >= 4 is 33.5 Å². The van der Waals surface area contributed by atoms with Crippen molar-refractivity contribution in [3.8, 4) is 11.3 Å². The Labute approximate surface area is 237 Å². The second kappa shape index (κ2) is 9.37. The summed E-state index contributed by atoms with van der Waals surface area (Å²) in [5.41, 5.74) is 6.49. The number of rotatable bonds is 4. The average molecular weight is 551 g/mol. The van der Waals surface area contributed by atoms with Crippen molar-refractivity contribution in [2.24, 2.45) is 0 Å². The molecular weight excluding hydrogens is 516 g/mol. The molecular formula is C31H34N8O2. The fraction of sp³-hybridized carbons (Fsp3) is 0.387. The zero-order valence-corrected chi connectivity index (χ0v) is 23.8. The summed E-state index contributed by atoms with van der Waals surface area (Å²) >= 11 is 0. The Morgan fingerprint density at radius 1 is 1.10 bits per heavy atom. The second-order valence-corrected chi connectivity index (χ2v) is 12.4. The largest absolute Gasteiger partial charge is 0.369 e. The smallest absolute Gasteiger partial charge is 0.315 e. The summed E-state index contributed by atoms with van der Waals surface area (Å²) < 4.78 is 5.29. The molecule has 2 aliphatic rings. The summed E-state index contributed by atoms with van der Waals surface area (Å²) in [6, 6.07) is 13.0. The highest BCUT2D eigenvalue weighted by molar-refractivity contribution is 6.12. The number of aromatic nitrogens is 5. The van der Waals surface area contributed by atoms with Crippen LogP contribution in [-0.2, 0) is 17.4 Å². The fourth-order valence-electron chi connectivity index (χ4n) is 6.12. The Balaban J connectivity index is 1.20. The number of H-pyrrole nitrogens is 1. The maximum absolute atomic E-state index is 13.1. The van der Waals surface area contributed by atoms with Gasteiger partial charge in [0, 0.05) is 53.7 Å². The number of piperazine rings is 1. The number of carbonyl (C=O) groups excluding carboxylic acids is 1. The molecule has 0 radical (unpaired) electrons. The quantitative estimate of drug-likeness (QED) is 0.300.